The van der Waals surface area contributed by atoms with Gasteiger partial charge in [0.1, 0.15) is 23.4 Å². The minimum Gasteiger partial charge on any atom is -0.497 e. The Bertz CT molecular complexity index is 1230. The molecule has 1 atom stereocenters. The normalized spacial score (nSPS) is 16.2. The van der Waals surface area contributed by atoms with Gasteiger partial charge in [-0.25, -0.2) is 17.8 Å². The number of hydrogen-bond donors (Lipinski definition) is 1. The summed E-state index contributed by atoms with van der Waals surface area (Å²) in [6, 6.07) is 11.7. The number of ether oxygens (including phenoxy) is 1. The number of sulfonamides is 1. The van der Waals surface area contributed by atoms with Crippen LogP contribution < -0.4 is 10.1 Å². The second kappa shape index (κ2) is 9.94. The van der Waals surface area contributed by atoms with E-state index in [-0.39, 0.29) is 29.8 Å². The van der Waals surface area contributed by atoms with Gasteiger partial charge in [-0.05, 0) is 54.8 Å². The van der Waals surface area contributed by atoms with Gasteiger partial charge in [0.2, 0.25) is 15.9 Å². The molecule has 1 aliphatic heterocycles. The third-order valence-electron chi connectivity index (χ3n) is 6.13. The highest BCUT2D eigenvalue weighted by Crippen LogP contribution is 2.27. The van der Waals surface area contributed by atoms with Crippen molar-refractivity contribution in [1.82, 2.24) is 19.2 Å². The van der Waals surface area contributed by atoms with Crippen molar-refractivity contribution in [3.63, 3.8) is 0 Å². The summed E-state index contributed by atoms with van der Waals surface area (Å²) in [4.78, 5) is 17.7. The second-order valence-electron chi connectivity index (χ2n) is 8.24. The van der Waals surface area contributed by atoms with Crippen molar-refractivity contribution in [3.8, 4) is 5.75 Å². The van der Waals surface area contributed by atoms with Crippen molar-refractivity contribution < 1.29 is 22.3 Å². The van der Waals surface area contributed by atoms with Crippen LogP contribution in [0.4, 0.5) is 4.39 Å². The van der Waals surface area contributed by atoms with Crippen LogP contribution in [0.2, 0.25) is 0 Å². The fraction of sp³-hybridized carbons (Fsp3) is 0.333. The van der Waals surface area contributed by atoms with Gasteiger partial charge >= 0.3 is 0 Å². The molecule has 2 heterocycles. The summed E-state index contributed by atoms with van der Waals surface area (Å²) in [5, 5.41) is 3.10. The van der Waals surface area contributed by atoms with Crippen molar-refractivity contribution in [3.05, 3.63) is 78.1 Å². The molecule has 1 amide bonds. The predicted octanol–water partition coefficient (Wildman–Crippen LogP) is 2.87. The number of methoxy groups -OCH3 is 1. The third kappa shape index (κ3) is 4.97. The predicted molar refractivity (Wildman–Crippen MR) is 124 cm³/mol. The molecule has 0 aliphatic carbocycles. The monoisotopic (exact) mass is 486 g/mol. The number of aromatic nitrogens is 2. The SMILES string of the molecule is COc1ccc(C(NC(=O)C2CCN(S(=O)(=O)c3ccc(F)cc3)CC2)c2nccn2C)cc1. The molecular weight excluding hydrogens is 459 g/mol. The number of amides is 1. The van der Waals surface area contributed by atoms with E-state index in [1.165, 1.54) is 16.4 Å². The lowest BCUT2D eigenvalue weighted by atomic mass is 9.96. The van der Waals surface area contributed by atoms with E-state index in [9.17, 15) is 17.6 Å². The van der Waals surface area contributed by atoms with Gasteiger partial charge in [-0.15, -0.1) is 0 Å². The van der Waals surface area contributed by atoms with Crippen LogP contribution in [0.5, 0.6) is 5.75 Å². The summed E-state index contributed by atoms with van der Waals surface area (Å²) in [7, 11) is -0.274. The largest absolute Gasteiger partial charge is 0.497 e. The summed E-state index contributed by atoms with van der Waals surface area (Å²) in [6.07, 6.45) is 4.28. The molecule has 8 nitrogen and oxygen atoms in total. The highest BCUT2D eigenvalue weighted by molar-refractivity contribution is 7.89. The van der Waals surface area contributed by atoms with Crippen molar-refractivity contribution >= 4 is 15.9 Å². The molecule has 4 rings (SSSR count). The van der Waals surface area contributed by atoms with Crippen molar-refractivity contribution in [2.75, 3.05) is 20.2 Å². The number of imidazole rings is 1. The number of nitrogens with one attached hydrogen (secondary N) is 1. The number of piperidine rings is 1. The Balaban J connectivity index is 1.46. The Labute approximate surface area is 198 Å². The van der Waals surface area contributed by atoms with Gasteiger partial charge < -0.3 is 14.6 Å². The van der Waals surface area contributed by atoms with E-state index in [1.807, 2.05) is 42.1 Å². The first-order valence-corrected chi connectivity index (χ1v) is 12.4. The van der Waals surface area contributed by atoms with Crippen molar-refractivity contribution in [1.29, 1.82) is 0 Å². The molecule has 0 radical (unpaired) electrons. The minimum atomic E-state index is -3.73. The molecule has 1 N–H and O–H groups in total. The van der Waals surface area contributed by atoms with Gasteiger partial charge in [-0.3, -0.25) is 4.79 Å². The molecule has 2 aromatic carbocycles. The zero-order valence-corrected chi connectivity index (χ0v) is 19.8. The number of rotatable bonds is 7. The zero-order valence-electron chi connectivity index (χ0n) is 19.0. The van der Waals surface area contributed by atoms with E-state index >= 15 is 0 Å². The number of halogens is 1. The number of carbonyl (C=O) groups excluding carboxylic acids is 1. The average Bonchev–Trinajstić information content (AvgIpc) is 3.28. The van der Waals surface area contributed by atoms with Gasteiger partial charge in [0, 0.05) is 38.4 Å². The molecule has 34 heavy (non-hydrogen) atoms. The Morgan fingerprint density at radius 2 is 1.76 bits per heavy atom. The molecular formula is C24H27FN4O4S. The summed E-state index contributed by atoms with van der Waals surface area (Å²) >= 11 is 0. The average molecular weight is 487 g/mol. The Morgan fingerprint density at radius 1 is 1.12 bits per heavy atom. The van der Waals surface area contributed by atoms with E-state index < -0.39 is 21.9 Å². The maximum atomic E-state index is 13.2. The topological polar surface area (TPSA) is 93.5 Å². The van der Waals surface area contributed by atoms with Crippen LogP contribution in [-0.2, 0) is 21.9 Å². The fourth-order valence-corrected chi connectivity index (χ4v) is 5.59. The van der Waals surface area contributed by atoms with E-state index in [2.05, 4.69) is 10.3 Å². The van der Waals surface area contributed by atoms with Crippen LogP contribution in [0, 0.1) is 11.7 Å². The standard InChI is InChI=1S/C24H27FN4O4S/c1-28-16-13-26-23(28)22(17-3-7-20(33-2)8-4-17)27-24(30)18-11-14-29(15-12-18)34(31,32)21-9-5-19(25)6-10-21/h3-10,13,16,18,22H,11-12,14-15H2,1-2H3,(H,27,30). The molecule has 0 bridgehead atoms. The molecule has 1 aliphatic rings. The maximum Gasteiger partial charge on any atom is 0.243 e. The van der Waals surface area contributed by atoms with E-state index in [0.29, 0.717) is 24.4 Å². The number of benzene rings is 2. The fourth-order valence-electron chi connectivity index (χ4n) is 4.12. The smallest absolute Gasteiger partial charge is 0.243 e. The maximum absolute atomic E-state index is 13.2. The molecule has 10 heteroatoms. The number of hydrogen-bond acceptors (Lipinski definition) is 5. The quantitative estimate of drug-likeness (QED) is 0.554. The third-order valence-corrected chi connectivity index (χ3v) is 8.04. The first-order valence-electron chi connectivity index (χ1n) is 11.0. The Kier molecular flexibility index (Phi) is 6.99. The summed E-state index contributed by atoms with van der Waals surface area (Å²) < 4.78 is 47.4. The van der Waals surface area contributed by atoms with Gasteiger partial charge in [0.15, 0.2) is 0 Å². The van der Waals surface area contributed by atoms with Crippen LogP contribution in [0.3, 0.4) is 0 Å². The molecule has 1 unspecified atom stereocenters. The lowest BCUT2D eigenvalue weighted by Crippen LogP contribution is -2.44. The number of nitrogens with zero attached hydrogens (tertiary/aromatic N) is 3. The van der Waals surface area contributed by atoms with Gasteiger partial charge in [-0.2, -0.15) is 4.31 Å². The van der Waals surface area contributed by atoms with Gasteiger partial charge in [0.25, 0.3) is 0 Å². The van der Waals surface area contributed by atoms with Crippen molar-refractivity contribution in [2.45, 2.75) is 23.8 Å². The summed E-state index contributed by atoms with van der Waals surface area (Å²) in [5.41, 5.74) is 0.861. The summed E-state index contributed by atoms with van der Waals surface area (Å²) in [5.74, 6) is 0.426. The van der Waals surface area contributed by atoms with E-state index in [1.54, 1.807) is 13.3 Å². The van der Waals surface area contributed by atoms with Gasteiger partial charge in [-0.1, -0.05) is 12.1 Å². The van der Waals surface area contributed by atoms with Crippen LogP contribution in [0.25, 0.3) is 0 Å². The van der Waals surface area contributed by atoms with Gasteiger partial charge in [0.05, 0.1) is 12.0 Å². The molecule has 1 saturated heterocycles. The molecule has 0 saturated carbocycles. The van der Waals surface area contributed by atoms with E-state index in [0.717, 1.165) is 17.7 Å². The van der Waals surface area contributed by atoms with Crippen molar-refractivity contribution in [2.24, 2.45) is 13.0 Å². The van der Waals surface area contributed by atoms with Crippen LogP contribution >= 0.6 is 0 Å². The lowest BCUT2D eigenvalue weighted by molar-refractivity contribution is -0.126. The first kappa shape index (κ1) is 23.9. The van der Waals surface area contributed by atoms with Crippen LogP contribution in [0.1, 0.15) is 30.3 Å². The lowest BCUT2D eigenvalue weighted by Gasteiger charge is -2.31. The highest BCUT2D eigenvalue weighted by atomic mass is 32.2. The summed E-state index contributed by atoms with van der Waals surface area (Å²) in [6.45, 7) is 0.431. The molecule has 1 fully saturated rings. The molecule has 0 spiro atoms. The van der Waals surface area contributed by atoms with Crippen LogP contribution in [-0.4, -0.2) is 48.4 Å². The molecule has 1 aromatic heterocycles. The number of carbonyl (C=O) groups is 1. The Hall–Kier alpha value is -3.24. The Morgan fingerprint density at radius 3 is 2.32 bits per heavy atom. The second-order valence-corrected chi connectivity index (χ2v) is 10.2. The minimum absolute atomic E-state index is 0.0474. The molecule has 3 aromatic rings. The zero-order chi connectivity index (χ0) is 24.3. The van der Waals surface area contributed by atoms with E-state index in [4.69, 9.17) is 4.74 Å². The first-order chi connectivity index (χ1) is 16.3. The highest BCUT2D eigenvalue weighted by Gasteiger charge is 2.33. The van der Waals surface area contributed by atoms with Crippen LogP contribution in [0.15, 0.2) is 65.8 Å². The molecule has 180 valence electrons. The number of aryl methyl sites for hydroxylation is 1.